The number of anilines is 2. The van der Waals surface area contributed by atoms with E-state index in [0.717, 1.165) is 11.1 Å². The predicted octanol–water partition coefficient (Wildman–Crippen LogP) is 4.48. The summed E-state index contributed by atoms with van der Waals surface area (Å²) in [5.74, 6) is -0.612. The number of aryl methyl sites for hydroxylation is 1. The molecule has 26 heavy (non-hydrogen) atoms. The summed E-state index contributed by atoms with van der Waals surface area (Å²) in [7, 11) is 0. The molecule has 0 bridgehead atoms. The molecule has 2 atom stereocenters. The molecule has 2 aromatic rings. The van der Waals surface area contributed by atoms with Crippen LogP contribution in [0.2, 0.25) is 0 Å². The number of thioether (sulfide) groups is 1. The highest BCUT2D eigenvalue weighted by molar-refractivity contribution is 8.00. The molecule has 0 unspecified atom stereocenters. The Kier molecular flexibility index (Phi) is 5.53. The van der Waals surface area contributed by atoms with Crippen LogP contribution in [-0.2, 0) is 9.59 Å². The molecule has 0 saturated carbocycles. The number of nitrogens with one attached hydrogen (secondary N) is 1. The molecule has 0 aromatic heterocycles. The number of benzene rings is 2. The summed E-state index contributed by atoms with van der Waals surface area (Å²) < 4.78 is 14.3. The van der Waals surface area contributed by atoms with E-state index in [4.69, 9.17) is 11.6 Å². The zero-order valence-electron chi connectivity index (χ0n) is 14.3. The summed E-state index contributed by atoms with van der Waals surface area (Å²) in [4.78, 5) is 25.7. The zero-order chi connectivity index (χ0) is 18.8. The van der Waals surface area contributed by atoms with Crippen LogP contribution in [0.25, 0.3) is 0 Å². The fraction of sp³-hybridized carbons (Fsp3) is 0.263. The van der Waals surface area contributed by atoms with E-state index < -0.39 is 11.2 Å². The second-order valence-corrected chi connectivity index (χ2v) is 7.84. The van der Waals surface area contributed by atoms with Crippen molar-refractivity contribution in [3.8, 4) is 0 Å². The minimum atomic E-state index is -0.654. The Bertz CT molecular complexity index is 859. The number of nitrogens with zero attached hydrogens (tertiary/aromatic N) is 1. The maximum absolute atomic E-state index is 14.3. The largest absolute Gasteiger partial charge is 0.325 e. The van der Waals surface area contributed by atoms with Crippen molar-refractivity contribution in [2.45, 2.75) is 24.6 Å². The number of rotatable bonds is 4. The lowest BCUT2D eigenvalue weighted by Crippen LogP contribution is -2.29. The number of hydrogen-bond donors (Lipinski definition) is 1. The van der Waals surface area contributed by atoms with E-state index in [1.165, 1.54) is 22.7 Å². The third-order valence-electron chi connectivity index (χ3n) is 4.03. The second kappa shape index (κ2) is 7.68. The molecule has 4 nitrogen and oxygen atoms in total. The lowest BCUT2D eigenvalue weighted by atomic mass is 10.1. The maximum atomic E-state index is 14.3. The maximum Gasteiger partial charge on any atom is 0.242 e. The Balaban J connectivity index is 1.94. The van der Waals surface area contributed by atoms with Gasteiger partial charge in [-0.05, 0) is 49.2 Å². The van der Waals surface area contributed by atoms with Crippen LogP contribution in [0.1, 0.15) is 23.4 Å². The molecule has 0 radical (unpaired) electrons. The summed E-state index contributed by atoms with van der Waals surface area (Å²) in [6.45, 7) is 3.45. The van der Waals surface area contributed by atoms with E-state index in [1.54, 1.807) is 37.3 Å². The van der Waals surface area contributed by atoms with Crippen LogP contribution < -0.4 is 10.2 Å². The average Bonchev–Trinajstić information content (AvgIpc) is 2.98. The molecule has 0 aliphatic carbocycles. The molecule has 1 heterocycles. The highest BCUT2D eigenvalue weighted by atomic mass is 35.5. The van der Waals surface area contributed by atoms with E-state index in [-0.39, 0.29) is 28.6 Å². The zero-order valence-corrected chi connectivity index (χ0v) is 15.9. The molecule has 1 aliphatic heterocycles. The van der Waals surface area contributed by atoms with Gasteiger partial charge < -0.3 is 5.32 Å². The van der Waals surface area contributed by atoms with Gasteiger partial charge in [-0.25, -0.2) is 4.39 Å². The van der Waals surface area contributed by atoms with Gasteiger partial charge in [0.25, 0.3) is 0 Å². The van der Waals surface area contributed by atoms with Crippen molar-refractivity contribution in [1.82, 2.24) is 0 Å². The van der Waals surface area contributed by atoms with E-state index >= 15 is 0 Å². The number of hydrogen-bond acceptors (Lipinski definition) is 3. The normalized spacial score (nSPS) is 18.1. The number of carbonyl (C=O) groups is 2. The molecule has 1 saturated heterocycles. The van der Waals surface area contributed by atoms with Crippen LogP contribution in [-0.4, -0.2) is 22.9 Å². The lowest BCUT2D eigenvalue weighted by Gasteiger charge is -2.25. The molecular formula is C19H18ClFN2O2S. The molecule has 7 heteroatoms. The van der Waals surface area contributed by atoms with Gasteiger partial charge in [-0.3, -0.25) is 14.5 Å². The molecule has 136 valence electrons. The van der Waals surface area contributed by atoms with Crippen molar-refractivity contribution in [1.29, 1.82) is 0 Å². The topological polar surface area (TPSA) is 49.4 Å². The Morgan fingerprint density at radius 2 is 2.12 bits per heavy atom. The minimum Gasteiger partial charge on any atom is -0.325 e. The highest BCUT2D eigenvalue weighted by Gasteiger charge is 2.35. The Morgan fingerprint density at radius 3 is 2.85 bits per heavy atom. The fourth-order valence-corrected chi connectivity index (χ4v) is 3.96. The van der Waals surface area contributed by atoms with Gasteiger partial charge in [-0.1, -0.05) is 18.2 Å². The quantitative estimate of drug-likeness (QED) is 0.780. The second-order valence-electron chi connectivity index (χ2n) is 6.11. The third kappa shape index (κ3) is 3.86. The van der Waals surface area contributed by atoms with E-state index in [0.29, 0.717) is 5.69 Å². The van der Waals surface area contributed by atoms with Gasteiger partial charge >= 0.3 is 0 Å². The predicted molar refractivity (Wildman–Crippen MR) is 104 cm³/mol. The SMILES string of the molecule is Cc1ccc(F)c(N2C(=O)CS[C@@H]2c2cccc(NC(=O)[C@H](C)Cl)c2)c1. The summed E-state index contributed by atoms with van der Waals surface area (Å²) in [5.41, 5.74) is 2.54. The summed E-state index contributed by atoms with van der Waals surface area (Å²) in [6, 6.07) is 11.9. The molecule has 1 fully saturated rings. The number of carbonyl (C=O) groups excluding carboxylic acids is 2. The summed E-state index contributed by atoms with van der Waals surface area (Å²) in [6.07, 6.45) is 0. The van der Waals surface area contributed by atoms with Gasteiger partial charge in [0.1, 0.15) is 16.6 Å². The van der Waals surface area contributed by atoms with E-state index in [9.17, 15) is 14.0 Å². The molecule has 0 spiro atoms. The molecule has 2 amide bonds. The van der Waals surface area contributed by atoms with E-state index in [1.807, 2.05) is 13.0 Å². The number of halogens is 2. The highest BCUT2D eigenvalue weighted by Crippen LogP contribution is 2.43. The first-order valence-corrected chi connectivity index (χ1v) is 9.60. The van der Waals surface area contributed by atoms with Crippen molar-refractivity contribution in [3.63, 3.8) is 0 Å². The van der Waals surface area contributed by atoms with Crippen LogP contribution in [0.3, 0.4) is 0 Å². The molecule has 3 rings (SSSR count). The molecule has 2 aromatic carbocycles. The summed E-state index contributed by atoms with van der Waals surface area (Å²) in [5, 5.41) is 1.72. The van der Waals surface area contributed by atoms with Crippen molar-refractivity contribution in [2.24, 2.45) is 0 Å². The lowest BCUT2D eigenvalue weighted by molar-refractivity contribution is -0.116. The van der Waals surface area contributed by atoms with Crippen LogP contribution in [0.5, 0.6) is 0 Å². The summed E-state index contributed by atoms with van der Waals surface area (Å²) >= 11 is 7.21. The molecular weight excluding hydrogens is 375 g/mol. The Labute approximate surface area is 160 Å². The van der Waals surface area contributed by atoms with Crippen LogP contribution in [0.15, 0.2) is 42.5 Å². The van der Waals surface area contributed by atoms with E-state index in [2.05, 4.69) is 5.32 Å². The Morgan fingerprint density at radius 1 is 1.35 bits per heavy atom. The number of amides is 2. The van der Waals surface area contributed by atoms with Gasteiger partial charge in [0.2, 0.25) is 11.8 Å². The van der Waals surface area contributed by atoms with Gasteiger partial charge in [0.05, 0.1) is 11.4 Å². The first-order valence-electron chi connectivity index (χ1n) is 8.11. The van der Waals surface area contributed by atoms with Crippen molar-refractivity contribution < 1.29 is 14.0 Å². The average molecular weight is 393 g/mol. The van der Waals surface area contributed by atoms with Crippen molar-refractivity contribution >= 4 is 46.6 Å². The minimum absolute atomic E-state index is 0.145. The third-order valence-corrected chi connectivity index (χ3v) is 5.44. The smallest absolute Gasteiger partial charge is 0.242 e. The van der Waals surface area contributed by atoms with Crippen LogP contribution >= 0.6 is 23.4 Å². The number of alkyl halides is 1. The van der Waals surface area contributed by atoms with Crippen LogP contribution in [0.4, 0.5) is 15.8 Å². The Hall–Kier alpha value is -2.05. The first kappa shape index (κ1) is 18.7. The van der Waals surface area contributed by atoms with Crippen LogP contribution in [0, 0.1) is 12.7 Å². The fourth-order valence-electron chi connectivity index (χ4n) is 2.75. The van der Waals surface area contributed by atoms with Crippen molar-refractivity contribution in [3.05, 3.63) is 59.4 Å². The van der Waals surface area contributed by atoms with Gasteiger partial charge in [-0.2, -0.15) is 0 Å². The standard InChI is InChI=1S/C19H18ClFN2O2S/c1-11-6-7-15(21)16(8-11)23-17(24)10-26-19(23)13-4-3-5-14(9-13)22-18(25)12(2)20/h3-9,12,19H,10H2,1-2H3,(H,22,25)/t12-,19+/m0/s1. The van der Waals surface area contributed by atoms with Gasteiger partial charge in [0.15, 0.2) is 0 Å². The molecule has 1 aliphatic rings. The van der Waals surface area contributed by atoms with Gasteiger partial charge in [-0.15, -0.1) is 23.4 Å². The van der Waals surface area contributed by atoms with Gasteiger partial charge in [0, 0.05) is 5.69 Å². The monoisotopic (exact) mass is 392 g/mol. The first-order chi connectivity index (χ1) is 12.4. The van der Waals surface area contributed by atoms with Crippen molar-refractivity contribution in [2.75, 3.05) is 16.0 Å². The molecule has 1 N–H and O–H groups in total.